The van der Waals surface area contributed by atoms with Gasteiger partial charge in [0.2, 0.25) is 0 Å². The molecule has 2 nitrogen and oxygen atoms in total. The number of likely N-dealkylation sites (tertiary alicyclic amines) is 1. The Morgan fingerprint density at radius 3 is 2.64 bits per heavy atom. The van der Waals surface area contributed by atoms with Gasteiger partial charge in [0, 0.05) is 0 Å². The lowest BCUT2D eigenvalue weighted by Gasteiger charge is -2.27. The first-order valence-electron chi connectivity index (χ1n) is 5.43. The lowest BCUT2D eigenvalue weighted by atomic mass is 9.92. The van der Waals surface area contributed by atoms with Crippen LogP contribution in [0.1, 0.15) is 40.0 Å². The van der Waals surface area contributed by atoms with Crippen molar-refractivity contribution in [2.45, 2.75) is 46.1 Å². The molecule has 1 atom stereocenters. The van der Waals surface area contributed by atoms with Crippen LogP contribution >= 0.6 is 12.2 Å². The van der Waals surface area contributed by atoms with E-state index in [1.165, 1.54) is 12.8 Å². The average molecular weight is 214 g/mol. The Morgan fingerprint density at radius 1 is 1.50 bits per heavy atom. The van der Waals surface area contributed by atoms with Gasteiger partial charge >= 0.3 is 0 Å². The summed E-state index contributed by atoms with van der Waals surface area (Å²) in [5, 5.41) is 0. The highest BCUT2D eigenvalue weighted by Crippen LogP contribution is 2.23. The lowest BCUT2D eigenvalue weighted by molar-refractivity contribution is 0.245. The third-order valence-corrected chi connectivity index (χ3v) is 3.11. The molecule has 1 rings (SSSR count). The Hall–Kier alpha value is -0.150. The third-order valence-electron chi connectivity index (χ3n) is 2.84. The van der Waals surface area contributed by atoms with Gasteiger partial charge < -0.3 is 5.73 Å². The van der Waals surface area contributed by atoms with E-state index in [0.29, 0.717) is 16.4 Å². The molecule has 0 aromatic rings. The second-order valence-electron chi connectivity index (χ2n) is 5.41. The largest absolute Gasteiger partial charge is 0.392 e. The highest BCUT2D eigenvalue weighted by Gasteiger charge is 2.27. The van der Waals surface area contributed by atoms with Gasteiger partial charge in [-0.2, -0.15) is 0 Å². The molecular weight excluding hydrogens is 192 g/mol. The van der Waals surface area contributed by atoms with Gasteiger partial charge in [0.05, 0.1) is 11.0 Å². The summed E-state index contributed by atoms with van der Waals surface area (Å²) in [5.41, 5.74) is 6.12. The first-order valence-corrected chi connectivity index (χ1v) is 5.84. The number of hydrogen-bond acceptors (Lipinski definition) is 2. The van der Waals surface area contributed by atoms with Gasteiger partial charge in [-0.15, -0.1) is 0 Å². The monoisotopic (exact) mass is 214 g/mol. The van der Waals surface area contributed by atoms with Gasteiger partial charge in [-0.05, 0) is 37.8 Å². The average Bonchev–Trinajstić information content (AvgIpc) is 2.46. The normalized spacial score (nSPS) is 24.1. The maximum absolute atomic E-state index is 5.72. The number of nitrogens with two attached hydrogens (primary N) is 1. The minimum Gasteiger partial charge on any atom is -0.392 e. The van der Waals surface area contributed by atoms with Crippen molar-refractivity contribution in [1.82, 2.24) is 4.90 Å². The predicted octanol–water partition coefficient (Wildman–Crippen LogP) is 2.17. The predicted molar refractivity (Wildman–Crippen MR) is 65.5 cm³/mol. The van der Waals surface area contributed by atoms with Gasteiger partial charge in [0.25, 0.3) is 0 Å². The molecule has 1 heterocycles. The molecule has 3 heteroatoms. The molecule has 1 fully saturated rings. The fourth-order valence-corrected chi connectivity index (χ4v) is 2.16. The molecular formula is C11H22N2S. The Morgan fingerprint density at radius 2 is 2.14 bits per heavy atom. The quantitative estimate of drug-likeness (QED) is 0.730. The summed E-state index contributed by atoms with van der Waals surface area (Å²) in [7, 11) is 0. The van der Waals surface area contributed by atoms with Crippen LogP contribution in [0, 0.1) is 5.41 Å². The first-order chi connectivity index (χ1) is 6.40. The van der Waals surface area contributed by atoms with Crippen LogP contribution in [0.2, 0.25) is 0 Å². The molecule has 0 amide bonds. The van der Waals surface area contributed by atoms with Crippen molar-refractivity contribution in [1.29, 1.82) is 0 Å². The van der Waals surface area contributed by atoms with E-state index in [-0.39, 0.29) is 0 Å². The Balaban J connectivity index is 2.40. The molecule has 0 aromatic heterocycles. The number of nitrogens with zero attached hydrogens (tertiary/aromatic N) is 1. The molecule has 1 aliphatic rings. The van der Waals surface area contributed by atoms with Crippen molar-refractivity contribution in [3.05, 3.63) is 0 Å². The second kappa shape index (κ2) is 4.58. The van der Waals surface area contributed by atoms with E-state index in [9.17, 15) is 0 Å². The second-order valence-corrected chi connectivity index (χ2v) is 5.88. The van der Waals surface area contributed by atoms with Crippen LogP contribution in [0.3, 0.4) is 0 Å². The van der Waals surface area contributed by atoms with Gasteiger partial charge in [0.1, 0.15) is 0 Å². The van der Waals surface area contributed by atoms with Gasteiger partial charge in [-0.3, -0.25) is 4.90 Å². The summed E-state index contributed by atoms with van der Waals surface area (Å²) in [6.45, 7) is 9.13. The number of thiocarbonyl (C=S) groups is 1. The minimum absolute atomic E-state index is 0.368. The maximum atomic E-state index is 5.72. The van der Waals surface area contributed by atoms with E-state index in [4.69, 9.17) is 18.0 Å². The van der Waals surface area contributed by atoms with Crippen molar-refractivity contribution < 1.29 is 0 Å². The van der Waals surface area contributed by atoms with Crippen molar-refractivity contribution in [3.8, 4) is 0 Å². The van der Waals surface area contributed by atoms with Crippen molar-refractivity contribution in [3.63, 3.8) is 0 Å². The summed E-state index contributed by atoms with van der Waals surface area (Å²) in [6.07, 6.45) is 3.61. The number of hydrogen-bond donors (Lipinski definition) is 1. The zero-order valence-electron chi connectivity index (χ0n) is 9.55. The third kappa shape index (κ3) is 3.54. The summed E-state index contributed by atoms with van der Waals surface area (Å²) in [4.78, 5) is 3.12. The van der Waals surface area contributed by atoms with E-state index in [2.05, 4.69) is 25.7 Å². The molecule has 0 aromatic carbocycles. The molecule has 0 aliphatic carbocycles. The molecule has 14 heavy (non-hydrogen) atoms. The summed E-state index contributed by atoms with van der Waals surface area (Å²) >= 11 is 5.08. The van der Waals surface area contributed by atoms with E-state index in [1.807, 2.05) is 0 Å². The minimum atomic E-state index is 0.368. The maximum Gasteiger partial charge on any atom is 0.0902 e. The molecule has 1 saturated heterocycles. The summed E-state index contributed by atoms with van der Waals surface area (Å²) < 4.78 is 0. The molecule has 0 spiro atoms. The van der Waals surface area contributed by atoms with Crippen LogP contribution in [-0.2, 0) is 0 Å². The van der Waals surface area contributed by atoms with Gasteiger partial charge in [0.15, 0.2) is 0 Å². The van der Waals surface area contributed by atoms with Crippen molar-refractivity contribution in [2.24, 2.45) is 11.1 Å². The van der Waals surface area contributed by atoms with Crippen molar-refractivity contribution in [2.75, 3.05) is 13.1 Å². The van der Waals surface area contributed by atoms with Gasteiger partial charge in [-0.1, -0.05) is 33.0 Å². The fourth-order valence-electron chi connectivity index (χ4n) is 1.89. The zero-order chi connectivity index (χ0) is 10.8. The smallest absolute Gasteiger partial charge is 0.0902 e. The van der Waals surface area contributed by atoms with Crippen LogP contribution in [0.4, 0.5) is 0 Å². The highest BCUT2D eigenvalue weighted by molar-refractivity contribution is 7.80. The van der Waals surface area contributed by atoms with Crippen LogP contribution in [0.25, 0.3) is 0 Å². The SMILES string of the molecule is CC(C)(C)CCN1CCCC1C(N)=S. The fraction of sp³-hybridized carbons (Fsp3) is 0.909. The molecule has 0 bridgehead atoms. The standard InChI is InChI=1S/C11H22N2S/c1-11(2,3)6-8-13-7-4-5-9(13)10(12)14/h9H,4-8H2,1-3H3,(H2,12,14). The molecule has 0 saturated carbocycles. The zero-order valence-corrected chi connectivity index (χ0v) is 10.4. The van der Waals surface area contributed by atoms with Crippen LogP contribution in [0.5, 0.6) is 0 Å². The van der Waals surface area contributed by atoms with Gasteiger partial charge in [-0.25, -0.2) is 0 Å². The lowest BCUT2D eigenvalue weighted by Crippen LogP contribution is -2.40. The van der Waals surface area contributed by atoms with E-state index >= 15 is 0 Å². The Labute approximate surface area is 92.8 Å². The van der Waals surface area contributed by atoms with Crippen LogP contribution in [0.15, 0.2) is 0 Å². The van der Waals surface area contributed by atoms with Crippen LogP contribution in [-0.4, -0.2) is 29.0 Å². The molecule has 2 N–H and O–H groups in total. The molecule has 1 aliphatic heterocycles. The molecule has 1 unspecified atom stereocenters. The van der Waals surface area contributed by atoms with E-state index in [1.54, 1.807) is 0 Å². The Kier molecular flexibility index (Phi) is 3.90. The first kappa shape index (κ1) is 11.9. The van der Waals surface area contributed by atoms with Crippen LogP contribution < -0.4 is 5.73 Å². The van der Waals surface area contributed by atoms with E-state index < -0.39 is 0 Å². The topological polar surface area (TPSA) is 29.3 Å². The highest BCUT2D eigenvalue weighted by atomic mass is 32.1. The van der Waals surface area contributed by atoms with Crippen molar-refractivity contribution >= 4 is 17.2 Å². The summed E-state index contributed by atoms with van der Waals surface area (Å²) in [6, 6.07) is 0.368. The summed E-state index contributed by atoms with van der Waals surface area (Å²) in [5.74, 6) is 0. The molecule has 0 radical (unpaired) electrons. The molecule has 82 valence electrons. The Bertz CT molecular complexity index is 208. The number of rotatable bonds is 3. The van der Waals surface area contributed by atoms with E-state index in [0.717, 1.165) is 19.5 Å².